The molecule has 0 aliphatic heterocycles. The van der Waals surface area contributed by atoms with Gasteiger partial charge in [-0.15, -0.1) is 0 Å². The number of aliphatic carboxylic acids is 1. The Morgan fingerprint density at radius 1 is 0.900 bits per heavy atom. The number of Topliss-reactive ketones (excluding diaryl/α,β-unsaturated/α-hetero) is 1. The fraction of sp³-hybridized carbons (Fsp3) is 0.462. The highest BCUT2D eigenvalue weighted by Gasteiger charge is 2.46. The molecule has 0 radical (unpaired) electrons. The fourth-order valence-electron chi connectivity index (χ4n) is 4.79. The summed E-state index contributed by atoms with van der Waals surface area (Å²) in [7, 11) is 0. The molecule has 0 saturated heterocycles. The second-order valence-corrected chi connectivity index (χ2v) is 10.5. The Labute approximate surface area is 179 Å². The lowest BCUT2D eigenvalue weighted by atomic mass is 9.74. The number of ketones is 1. The fourth-order valence-corrected chi connectivity index (χ4v) is 4.79. The molecule has 0 spiro atoms. The van der Waals surface area contributed by atoms with Gasteiger partial charge in [-0.25, -0.2) is 0 Å². The van der Waals surface area contributed by atoms with Crippen molar-refractivity contribution < 1.29 is 19.8 Å². The first-order valence-corrected chi connectivity index (χ1v) is 10.4. The molecule has 3 rings (SSSR count). The number of hydrogen-bond acceptors (Lipinski definition) is 3. The van der Waals surface area contributed by atoms with Crippen molar-refractivity contribution in [3.63, 3.8) is 0 Å². The van der Waals surface area contributed by atoms with Gasteiger partial charge < -0.3 is 10.2 Å². The Morgan fingerprint density at radius 3 is 1.97 bits per heavy atom. The summed E-state index contributed by atoms with van der Waals surface area (Å²) in [5.74, 6) is -1.13. The minimum Gasteiger partial charge on any atom is -0.481 e. The molecule has 30 heavy (non-hydrogen) atoms. The van der Waals surface area contributed by atoms with Crippen LogP contribution in [0.2, 0.25) is 0 Å². The second-order valence-electron chi connectivity index (χ2n) is 10.5. The van der Waals surface area contributed by atoms with Crippen LogP contribution in [0.3, 0.4) is 0 Å². The lowest BCUT2D eigenvalue weighted by Gasteiger charge is -2.29. The van der Waals surface area contributed by atoms with Crippen molar-refractivity contribution in [3.8, 4) is 0 Å². The van der Waals surface area contributed by atoms with Crippen LogP contribution in [-0.2, 0) is 21.0 Å². The Balaban J connectivity index is 2.07. The zero-order valence-corrected chi connectivity index (χ0v) is 19.0. The van der Waals surface area contributed by atoms with Crippen molar-refractivity contribution in [1.29, 1.82) is 0 Å². The third-order valence-electron chi connectivity index (χ3n) is 6.73. The average Bonchev–Trinajstić information content (AvgIpc) is 2.86. The van der Waals surface area contributed by atoms with E-state index < -0.39 is 17.0 Å². The molecule has 0 saturated carbocycles. The zero-order chi connectivity index (χ0) is 22.7. The maximum atomic E-state index is 12.6. The first-order valence-electron chi connectivity index (χ1n) is 10.4. The first kappa shape index (κ1) is 22.2. The summed E-state index contributed by atoms with van der Waals surface area (Å²) in [6.07, 6.45) is 0.872. The normalized spacial score (nSPS) is 20.7. The molecule has 0 amide bonds. The van der Waals surface area contributed by atoms with Crippen LogP contribution < -0.4 is 0 Å². The predicted octanol–water partition coefficient (Wildman–Crippen LogP) is 4.99. The van der Waals surface area contributed by atoms with Crippen molar-refractivity contribution >= 4 is 11.8 Å². The summed E-state index contributed by atoms with van der Waals surface area (Å²) < 4.78 is 0. The standard InChI is InChI=1S/C26H32O4/c1-23(2)15-26(7,18-11-9-17(10-12-18)24(3,4)22(28)29)19-13-8-16(14-20(19)23)21(27)25(5,6)30/h8-14,30H,15H2,1-7H3,(H,28,29). The Morgan fingerprint density at radius 2 is 1.47 bits per heavy atom. The smallest absolute Gasteiger partial charge is 0.313 e. The van der Waals surface area contributed by atoms with Crippen LogP contribution in [-0.4, -0.2) is 27.6 Å². The molecule has 1 aliphatic carbocycles. The Bertz CT molecular complexity index is 1010. The van der Waals surface area contributed by atoms with Crippen molar-refractivity contribution in [1.82, 2.24) is 0 Å². The molecule has 0 fully saturated rings. The third-order valence-corrected chi connectivity index (χ3v) is 6.73. The van der Waals surface area contributed by atoms with Gasteiger partial charge in [0, 0.05) is 11.0 Å². The topological polar surface area (TPSA) is 74.6 Å². The van der Waals surface area contributed by atoms with Crippen molar-refractivity contribution in [2.45, 2.75) is 76.7 Å². The van der Waals surface area contributed by atoms with Crippen LogP contribution in [0, 0.1) is 0 Å². The minimum absolute atomic E-state index is 0.140. The minimum atomic E-state index is -1.41. The number of carbonyl (C=O) groups is 2. The molecule has 1 atom stereocenters. The molecule has 0 heterocycles. The third kappa shape index (κ3) is 3.47. The summed E-state index contributed by atoms with van der Waals surface area (Å²) >= 11 is 0. The van der Waals surface area contributed by atoms with E-state index in [9.17, 15) is 19.8 Å². The summed E-state index contributed by atoms with van der Waals surface area (Å²) in [5, 5.41) is 19.6. The SMILES string of the molecule is CC(C)(O)C(=O)c1ccc2c(c1)C(C)(C)CC2(C)c1ccc(C(C)(C)C(=O)O)cc1. The van der Waals surface area contributed by atoms with Crippen LogP contribution in [0.25, 0.3) is 0 Å². The van der Waals surface area contributed by atoms with Crippen LogP contribution in [0.15, 0.2) is 42.5 Å². The highest BCUT2D eigenvalue weighted by Crippen LogP contribution is 2.53. The van der Waals surface area contributed by atoms with Crippen LogP contribution >= 0.6 is 0 Å². The maximum Gasteiger partial charge on any atom is 0.313 e. The number of benzene rings is 2. The number of hydrogen-bond donors (Lipinski definition) is 2. The molecule has 2 N–H and O–H groups in total. The van der Waals surface area contributed by atoms with E-state index in [0.717, 1.165) is 23.1 Å². The van der Waals surface area contributed by atoms with Gasteiger partial charge in [0.1, 0.15) is 5.60 Å². The number of carboxylic acid groups (broad SMARTS) is 1. The highest BCUT2D eigenvalue weighted by molar-refractivity contribution is 6.02. The molecule has 0 bridgehead atoms. The molecule has 1 unspecified atom stereocenters. The number of aliphatic hydroxyl groups is 1. The molecular weight excluding hydrogens is 376 g/mol. The maximum absolute atomic E-state index is 12.6. The van der Waals surface area contributed by atoms with Gasteiger partial charge in [0.05, 0.1) is 5.41 Å². The summed E-state index contributed by atoms with van der Waals surface area (Å²) in [5.41, 5.74) is 1.97. The predicted molar refractivity (Wildman–Crippen MR) is 118 cm³/mol. The molecule has 4 nitrogen and oxygen atoms in total. The van der Waals surface area contributed by atoms with E-state index in [1.165, 1.54) is 19.4 Å². The number of rotatable bonds is 5. The van der Waals surface area contributed by atoms with E-state index in [0.29, 0.717) is 5.56 Å². The number of carbonyl (C=O) groups excluding carboxylic acids is 1. The van der Waals surface area contributed by atoms with E-state index in [1.54, 1.807) is 19.9 Å². The molecular formula is C26H32O4. The van der Waals surface area contributed by atoms with E-state index in [4.69, 9.17) is 0 Å². The van der Waals surface area contributed by atoms with Gasteiger partial charge in [0.2, 0.25) is 0 Å². The quantitative estimate of drug-likeness (QED) is 0.684. The summed E-state index contributed by atoms with van der Waals surface area (Å²) in [6, 6.07) is 13.6. The van der Waals surface area contributed by atoms with E-state index in [-0.39, 0.29) is 16.6 Å². The lowest BCUT2D eigenvalue weighted by molar-refractivity contribution is -0.142. The van der Waals surface area contributed by atoms with Gasteiger partial charge in [-0.2, -0.15) is 0 Å². The zero-order valence-electron chi connectivity index (χ0n) is 19.0. The van der Waals surface area contributed by atoms with Gasteiger partial charge in [-0.3, -0.25) is 9.59 Å². The molecule has 1 aliphatic rings. The van der Waals surface area contributed by atoms with E-state index in [1.807, 2.05) is 36.4 Å². The molecule has 0 aromatic heterocycles. The van der Waals surface area contributed by atoms with Crippen molar-refractivity contribution in [2.24, 2.45) is 0 Å². The van der Waals surface area contributed by atoms with E-state index >= 15 is 0 Å². The molecule has 4 heteroatoms. The first-order chi connectivity index (χ1) is 13.6. The van der Waals surface area contributed by atoms with E-state index in [2.05, 4.69) is 20.8 Å². The van der Waals surface area contributed by atoms with Gasteiger partial charge in [-0.1, -0.05) is 57.2 Å². The number of fused-ring (bicyclic) bond motifs is 1. The van der Waals surface area contributed by atoms with Gasteiger partial charge in [0.15, 0.2) is 5.78 Å². The van der Waals surface area contributed by atoms with Crippen molar-refractivity contribution in [3.05, 3.63) is 70.3 Å². The van der Waals surface area contributed by atoms with Crippen LogP contribution in [0.1, 0.15) is 87.5 Å². The Hall–Kier alpha value is -2.46. The summed E-state index contributed by atoms with van der Waals surface area (Å²) in [6.45, 7) is 13.0. The Kier molecular flexibility index (Phi) is 5.02. The lowest BCUT2D eigenvalue weighted by Crippen LogP contribution is -2.31. The highest BCUT2D eigenvalue weighted by atomic mass is 16.4. The molecule has 2 aromatic rings. The van der Waals surface area contributed by atoms with Gasteiger partial charge in [-0.05, 0) is 67.9 Å². The van der Waals surface area contributed by atoms with Crippen LogP contribution in [0.5, 0.6) is 0 Å². The number of carboxylic acids is 1. The van der Waals surface area contributed by atoms with Crippen LogP contribution in [0.4, 0.5) is 0 Å². The molecule has 160 valence electrons. The molecule has 2 aromatic carbocycles. The van der Waals surface area contributed by atoms with Crippen molar-refractivity contribution in [2.75, 3.05) is 0 Å². The second kappa shape index (κ2) is 6.78. The largest absolute Gasteiger partial charge is 0.481 e. The summed E-state index contributed by atoms with van der Waals surface area (Å²) in [4.78, 5) is 24.2. The van der Waals surface area contributed by atoms with Gasteiger partial charge in [0.25, 0.3) is 0 Å². The average molecular weight is 409 g/mol. The monoisotopic (exact) mass is 408 g/mol. The van der Waals surface area contributed by atoms with Gasteiger partial charge >= 0.3 is 5.97 Å².